The minimum atomic E-state index is 0.207. The van der Waals surface area contributed by atoms with Gasteiger partial charge in [0.15, 0.2) is 5.78 Å². The Morgan fingerprint density at radius 3 is 2.71 bits per heavy atom. The molecule has 0 aliphatic carbocycles. The SMILES string of the molecule is CCN(CCC(=O)c1cccc(C)c1)Cc1ccccn1. The van der Waals surface area contributed by atoms with Crippen LogP contribution >= 0.6 is 0 Å². The highest BCUT2D eigenvalue weighted by Gasteiger charge is 2.10. The van der Waals surface area contributed by atoms with Gasteiger partial charge in [-0.15, -0.1) is 0 Å². The van der Waals surface area contributed by atoms with Gasteiger partial charge < -0.3 is 0 Å². The smallest absolute Gasteiger partial charge is 0.164 e. The summed E-state index contributed by atoms with van der Waals surface area (Å²) in [5.74, 6) is 0.207. The fraction of sp³-hybridized carbons (Fsp3) is 0.333. The first kappa shape index (κ1) is 15.4. The van der Waals surface area contributed by atoms with E-state index in [-0.39, 0.29) is 5.78 Å². The molecular formula is C18H22N2O. The molecule has 3 heteroatoms. The lowest BCUT2D eigenvalue weighted by Gasteiger charge is -2.19. The maximum Gasteiger partial charge on any atom is 0.164 e. The summed E-state index contributed by atoms with van der Waals surface area (Å²) >= 11 is 0. The van der Waals surface area contributed by atoms with E-state index in [2.05, 4.69) is 16.8 Å². The first-order valence-electron chi connectivity index (χ1n) is 7.41. The minimum absolute atomic E-state index is 0.207. The lowest BCUT2D eigenvalue weighted by atomic mass is 10.1. The van der Waals surface area contributed by atoms with Crippen LogP contribution in [-0.2, 0) is 6.54 Å². The van der Waals surface area contributed by atoms with Crippen LogP contribution in [0.3, 0.4) is 0 Å². The van der Waals surface area contributed by atoms with E-state index in [4.69, 9.17) is 0 Å². The summed E-state index contributed by atoms with van der Waals surface area (Å²) in [7, 11) is 0. The molecule has 0 spiro atoms. The zero-order valence-corrected chi connectivity index (χ0v) is 12.7. The summed E-state index contributed by atoms with van der Waals surface area (Å²) in [6, 6.07) is 13.7. The van der Waals surface area contributed by atoms with Crippen molar-refractivity contribution in [3.05, 3.63) is 65.5 Å². The second kappa shape index (κ2) is 7.70. The van der Waals surface area contributed by atoms with Crippen LogP contribution in [0.15, 0.2) is 48.7 Å². The Hall–Kier alpha value is -2.00. The van der Waals surface area contributed by atoms with Gasteiger partial charge in [0, 0.05) is 31.3 Å². The van der Waals surface area contributed by atoms with Crippen LogP contribution < -0.4 is 0 Å². The molecule has 0 saturated heterocycles. The Morgan fingerprint density at radius 1 is 1.19 bits per heavy atom. The first-order valence-corrected chi connectivity index (χ1v) is 7.41. The Bertz CT molecular complexity index is 581. The molecule has 1 aromatic carbocycles. The van der Waals surface area contributed by atoms with Gasteiger partial charge >= 0.3 is 0 Å². The van der Waals surface area contributed by atoms with E-state index >= 15 is 0 Å². The van der Waals surface area contributed by atoms with Crippen LogP contribution in [0.2, 0.25) is 0 Å². The second-order valence-corrected chi connectivity index (χ2v) is 5.23. The number of Topliss-reactive ketones (excluding diaryl/α,β-unsaturated/α-hetero) is 1. The number of carbonyl (C=O) groups is 1. The van der Waals surface area contributed by atoms with E-state index in [0.29, 0.717) is 6.42 Å². The Morgan fingerprint density at radius 2 is 2.05 bits per heavy atom. The molecule has 0 amide bonds. The van der Waals surface area contributed by atoms with E-state index < -0.39 is 0 Å². The van der Waals surface area contributed by atoms with Gasteiger partial charge in [0.2, 0.25) is 0 Å². The van der Waals surface area contributed by atoms with Gasteiger partial charge in [-0.2, -0.15) is 0 Å². The van der Waals surface area contributed by atoms with E-state index in [0.717, 1.165) is 36.5 Å². The number of aromatic nitrogens is 1. The topological polar surface area (TPSA) is 33.2 Å². The van der Waals surface area contributed by atoms with Crippen LogP contribution in [0.5, 0.6) is 0 Å². The quantitative estimate of drug-likeness (QED) is 0.729. The number of hydrogen-bond acceptors (Lipinski definition) is 3. The number of rotatable bonds is 7. The molecule has 2 rings (SSSR count). The van der Waals surface area contributed by atoms with Crippen LogP contribution in [0.4, 0.5) is 0 Å². The van der Waals surface area contributed by atoms with Crippen molar-refractivity contribution in [2.45, 2.75) is 26.8 Å². The predicted molar refractivity (Wildman–Crippen MR) is 85.3 cm³/mol. The van der Waals surface area contributed by atoms with Gasteiger partial charge in [-0.25, -0.2) is 0 Å². The number of hydrogen-bond donors (Lipinski definition) is 0. The molecule has 0 saturated carbocycles. The van der Waals surface area contributed by atoms with Crippen molar-refractivity contribution in [3.8, 4) is 0 Å². The summed E-state index contributed by atoms with van der Waals surface area (Å²) in [4.78, 5) is 18.8. The molecule has 0 atom stereocenters. The average molecular weight is 282 g/mol. The molecule has 0 radical (unpaired) electrons. The fourth-order valence-corrected chi connectivity index (χ4v) is 2.29. The molecule has 1 aromatic heterocycles. The highest BCUT2D eigenvalue weighted by molar-refractivity contribution is 5.96. The average Bonchev–Trinajstić information content (AvgIpc) is 2.52. The number of aryl methyl sites for hydroxylation is 1. The second-order valence-electron chi connectivity index (χ2n) is 5.23. The molecular weight excluding hydrogens is 260 g/mol. The molecule has 0 fully saturated rings. The predicted octanol–water partition coefficient (Wildman–Crippen LogP) is 3.48. The largest absolute Gasteiger partial charge is 0.297 e. The van der Waals surface area contributed by atoms with E-state index in [1.807, 2.05) is 49.4 Å². The normalized spacial score (nSPS) is 10.8. The molecule has 0 aliphatic heterocycles. The summed E-state index contributed by atoms with van der Waals surface area (Å²) < 4.78 is 0. The molecule has 1 heterocycles. The van der Waals surface area contributed by atoms with Gasteiger partial charge in [0.05, 0.1) is 5.69 Å². The van der Waals surface area contributed by atoms with E-state index in [9.17, 15) is 4.79 Å². The highest BCUT2D eigenvalue weighted by Crippen LogP contribution is 2.09. The van der Waals surface area contributed by atoms with Crippen molar-refractivity contribution in [1.82, 2.24) is 9.88 Å². The third-order valence-electron chi connectivity index (χ3n) is 3.55. The van der Waals surface area contributed by atoms with Crippen LogP contribution in [0, 0.1) is 6.92 Å². The Kier molecular flexibility index (Phi) is 5.64. The number of nitrogens with zero attached hydrogens (tertiary/aromatic N) is 2. The van der Waals surface area contributed by atoms with Crippen molar-refractivity contribution in [2.24, 2.45) is 0 Å². The molecule has 3 nitrogen and oxygen atoms in total. The van der Waals surface area contributed by atoms with Crippen molar-refractivity contribution >= 4 is 5.78 Å². The van der Waals surface area contributed by atoms with Gasteiger partial charge in [-0.3, -0.25) is 14.7 Å². The van der Waals surface area contributed by atoms with Gasteiger partial charge in [-0.1, -0.05) is 36.8 Å². The van der Waals surface area contributed by atoms with Crippen LogP contribution in [0.25, 0.3) is 0 Å². The van der Waals surface area contributed by atoms with Crippen molar-refractivity contribution in [1.29, 1.82) is 0 Å². The fourth-order valence-electron chi connectivity index (χ4n) is 2.29. The third kappa shape index (κ3) is 4.80. The monoisotopic (exact) mass is 282 g/mol. The summed E-state index contributed by atoms with van der Waals surface area (Å²) in [6.07, 6.45) is 2.35. The van der Waals surface area contributed by atoms with Crippen molar-refractivity contribution in [2.75, 3.05) is 13.1 Å². The molecule has 2 aromatic rings. The standard InChI is InChI=1S/C18H22N2O/c1-3-20(14-17-9-4-5-11-19-17)12-10-18(21)16-8-6-7-15(2)13-16/h4-9,11,13H,3,10,12,14H2,1-2H3. The van der Waals surface area contributed by atoms with Crippen molar-refractivity contribution in [3.63, 3.8) is 0 Å². The molecule has 0 N–H and O–H groups in total. The van der Waals surface area contributed by atoms with Gasteiger partial charge in [0.25, 0.3) is 0 Å². The van der Waals surface area contributed by atoms with E-state index in [1.165, 1.54) is 0 Å². The van der Waals surface area contributed by atoms with E-state index in [1.54, 1.807) is 6.20 Å². The molecule has 110 valence electrons. The zero-order chi connectivity index (χ0) is 15.1. The Balaban J connectivity index is 1.89. The number of pyridine rings is 1. The highest BCUT2D eigenvalue weighted by atomic mass is 16.1. The molecule has 0 unspecified atom stereocenters. The number of carbonyl (C=O) groups excluding carboxylic acids is 1. The van der Waals surface area contributed by atoms with Crippen LogP contribution in [-0.4, -0.2) is 28.8 Å². The van der Waals surface area contributed by atoms with Gasteiger partial charge in [0.1, 0.15) is 0 Å². The summed E-state index contributed by atoms with van der Waals surface area (Å²) in [5, 5.41) is 0. The molecule has 0 bridgehead atoms. The Labute approximate surface area is 126 Å². The van der Waals surface area contributed by atoms with Crippen LogP contribution in [0.1, 0.15) is 35.0 Å². The van der Waals surface area contributed by atoms with Crippen molar-refractivity contribution < 1.29 is 4.79 Å². The lowest BCUT2D eigenvalue weighted by molar-refractivity contribution is 0.0963. The van der Waals surface area contributed by atoms with Gasteiger partial charge in [-0.05, 0) is 31.7 Å². The molecule has 21 heavy (non-hydrogen) atoms. The summed E-state index contributed by atoms with van der Waals surface area (Å²) in [5.41, 5.74) is 2.98. The molecule has 0 aliphatic rings. The first-order chi connectivity index (χ1) is 10.2. The summed E-state index contributed by atoms with van der Waals surface area (Å²) in [6.45, 7) is 6.59. The number of ketones is 1. The third-order valence-corrected chi connectivity index (χ3v) is 3.55. The maximum atomic E-state index is 12.2. The lowest BCUT2D eigenvalue weighted by Crippen LogP contribution is -2.26. The zero-order valence-electron chi connectivity index (χ0n) is 12.7. The minimum Gasteiger partial charge on any atom is -0.297 e. The number of benzene rings is 1. The maximum absolute atomic E-state index is 12.2.